The first-order valence-corrected chi connectivity index (χ1v) is 7.28. The maximum absolute atomic E-state index is 12.1. The van der Waals surface area contributed by atoms with Crippen LogP contribution in [0.15, 0.2) is 72.9 Å². The van der Waals surface area contributed by atoms with E-state index < -0.39 is 0 Å². The van der Waals surface area contributed by atoms with E-state index in [0.29, 0.717) is 11.3 Å². The minimum atomic E-state index is -0.135. The van der Waals surface area contributed by atoms with E-state index in [9.17, 15) is 4.79 Å². The number of pyridine rings is 1. The van der Waals surface area contributed by atoms with Gasteiger partial charge in [-0.15, -0.1) is 0 Å². The van der Waals surface area contributed by atoms with Gasteiger partial charge < -0.3 is 10.1 Å². The molecule has 1 heterocycles. The molecule has 0 fully saturated rings. The van der Waals surface area contributed by atoms with Crippen LogP contribution in [0.5, 0.6) is 11.5 Å². The quantitative estimate of drug-likeness (QED) is 0.775. The Bertz CT molecular complexity index is 799. The van der Waals surface area contributed by atoms with Gasteiger partial charge in [0.15, 0.2) is 0 Å². The standard InChI is InChI=1S/C19H16N2O2/c1-14-13-18(11-12-20-14)23-17-9-7-16(8-10-17)21-19(22)15-5-3-2-4-6-15/h2-13H,1H3,(H,21,22). The maximum Gasteiger partial charge on any atom is 0.255 e. The minimum Gasteiger partial charge on any atom is -0.457 e. The van der Waals surface area contributed by atoms with Crippen LogP contribution in [-0.4, -0.2) is 10.9 Å². The Labute approximate surface area is 134 Å². The van der Waals surface area contributed by atoms with Gasteiger partial charge in [-0.05, 0) is 49.4 Å². The molecule has 1 amide bonds. The Kier molecular flexibility index (Phi) is 4.34. The zero-order chi connectivity index (χ0) is 16.1. The van der Waals surface area contributed by atoms with Crippen molar-refractivity contribution in [2.75, 3.05) is 5.32 Å². The number of hydrogen-bond donors (Lipinski definition) is 1. The van der Waals surface area contributed by atoms with Crippen molar-refractivity contribution in [3.63, 3.8) is 0 Å². The Morgan fingerprint density at radius 3 is 2.39 bits per heavy atom. The van der Waals surface area contributed by atoms with Crippen molar-refractivity contribution in [3.8, 4) is 11.5 Å². The minimum absolute atomic E-state index is 0.135. The summed E-state index contributed by atoms with van der Waals surface area (Å²) in [6, 6.07) is 20.0. The molecule has 0 saturated carbocycles. The number of nitrogens with one attached hydrogen (secondary N) is 1. The summed E-state index contributed by atoms with van der Waals surface area (Å²) in [5, 5.41) is 2.85. The summed E-state index contributed by atoms with van der Waals surface area (Å²) < 4.78 is 5.75. The van der Waals surface area contributed by atoms with Gasteiger partial charge in [0.25, 0.3) is 5.91 Å². The zero-order valence-electron chi connectivity index (χ0n) is 12.7. The van der Waals surface area contributed by atoms with Crippen LogP contribution in [-0.2, 0) is 0 Å². The van der Waals surface area contributed by atoms with Crippen LogP contribution in [0.25, 0.3) is 0 Å². The summed E-state index contributed by atoms with van der Waals surface area (Å²) in [6.07, 6.45) is 1.71. The Morgan fingerprint density at radius 1 is 0.957 bits per heavy atom. The number of amides is 1. The topological polar surface area (TPSA) is 51.2 Å². The second kappa shape index (κ2) is 6.75. The van der Waals surface area contributed by atoms with Gasteiger partial charge in [-0.2, -0.15) is 0 Å². The third kappa shape index (κ3) is 3.95. The molecule has 3 rings (SSSR count). The monoisotopic (exact) mass is 304 g/mol. The van der Waals surface area contributed by atoms with Crippen LogP contribution in [0.2, 0.25) is 0 Å². The number of aromatic nitrogens is 1. The van der Waals surface area contributed by atoms with Crippen molar-refractivity contribution in [1.82, 2.24) is 4.98 Å². The van der Waals surface area contributed by atoms with Crippen molar-refractivity contribution in [1.29, 1.82) is 0 Å². The van der Waals surface area contributed by atoms with E-state index in [1.165, 1.54) is 0 Å². The average molecular weight is 304 g/mol. The van der Waals surface area contributed by atoms with E-state index in [1.54, 1.807) is 24.4 Å². The van der Waals surface area contributed by atoms with Gasteiger partial charge in [-0.3, -0.25) is 9.78 Å². The molecule has 0 atom stereocenters. The van der Waals surface area contributed by atoms with Crippen LogP contribution >= 0.6 is 0 Å². The highest BCUT2D eigenvalue weighted by Gasteiger charge is 2.05. The Morgan fingerprint density at radius 2 is 1.70 bits per heavy atom. The number of ether oxygens (including phenoxy) is 1. The molecule has 0 aliphatic heterocycles. The molecule has 3 aromatic rings. The number of carbonyl (C=O) groups excluding carboxylic acids is 1. The van der Waals surface area contributed by atoms with Gasteiger partial charge in [0.2, 0.25) is 0 Å². The van der Waals surface area contributed by atoms with E-state index in [0.717, 1.165) is 17.1 Å². The van der Waals surface area contributed by atoms with Crippen molar-refractivity contribution in [3.05, 3.63) is 84.2 Å². The smallest absolute Gasteiger partial charge is 0.255 e. The Balaban J connectivity index is 1.66. The number of rotatable bonds is 4. The van der Waals surface area contributed by atoms with E-state index >= 15 is 0 Å². The fraction of sp³-hybridized carbons (Fsp3) is 0.0526. The van der Waals surface area contributed by atoms with Crippen LogP contribution < -0.4 is 10.1 Å². The lowest BCUT2D eigenvalue weighted by atomic mass is 10.2. The van der Waals surface area contributed by atoms with E-state index in [4.69, 9.17) is 4.74 Å². The second-order valence-electron chi connectivity index (χ2n) is 5.08. The molecule has 23 heavy (non-hydrogen) atoms. The van der Waals surface area contributed by atoms with Gasteiger partial charge in [0.05, 0.1) is 0 Å². The van der Waals surface area contributed by atoms with Gasteiger partial charge in [-0.25, -0.2) is 0 Å². The number of aryl methyl sites for hydroxylation is 1. The summed E-state index contributed by atoms with van der Waals surface area (Å²) in [5.74, 6) is 1.30. The SMILES string of the molecule is Cc1cc(Oc2ccc(NC(=O)c3ccccc3)cc2)ccn1. The van der Waals surface area contributed by atoms with Crippen molar-refractivity contribution in [2.45, 2.75) is 6.92 Å². The summed E-state index contributed by atoms with van der Waals surface area (Å²) in [6.45, 7) is 1.91. The first kappa shape index (κ1) is 14.8. The first-order valence-electron chi connectivity index (χ1n) is 7.28. The highest BCUT2D eigenvalue weighted by Crippen LogP contribution is 2.23. The molecule has 0 unspecified atom stereocenters. The molecule has 1 aromatic heterocycles. The summed E-state index contributed by atoms with van der Waals surface area (Å²) in [5.41, 5.74) is 2.24. The fourth-order valence-electron chi connectivity index (χ4n) is 2.12. The third-order valence-electron chi connectivity index (χ3n) is 3.25. The lowest BCUT2D eigenvalue weighted by Crippen LogP contribution is -2.11. The molecule has 2 aromatic carbocycles. The van der Waals surface area contributed by atoms with Crippen LogP contribution in [0.3, 0.4) is 0 Å². The molecule has 0 aliphatic rings. The predicted octanol–water partition coefficient (Wildman–Crippen LogP) is 4.43. The van der Waals surface area contributed by atoms with Gasteiger partial charge in [-0.1, -0.05) is 18.2 Å². The van der Waals surface area contributed by atoms with Crippen molar-refractivity contribution < 1.29 is 9.53 Å². The number of carbonyl (C=O) groups is 1. The van der Waals surface area contributed by atoms with Crippen LogP contribution in [0.1, 0.15) is 16.1 Å². The average Bonchev–Trinajstić information content (AvgIpc) is 2.57. The molecule has 0 saturated heterocycles. The maximum atomic E-state index is 12.1. The van der Waals surface area contributed by atoms with Crippen molar-refractivity contribution in [2.24, 2.45) is 0 Å². The summed E-state index contributed by atoms with van der Waals surface area (Å²) in [4.78, 5) is 16.2. The van der Waals surface area contributed by atoms with E-state index in [2.05, 4.69) is 10.3 Å². The van der Waals surface area contributed by atoms with Crippen LogP contribution in [0, 0.1) is 6.92 Å². The zero-order valence-corrected chi connectivity index (χ0v) is 12.7. The highest BCUT2D eigenvalue weighted by atomic mass is 16.5. The molecular weight excluding hydrogens is 288 g/mol. The number of benzene rings is 2. The molecular formula is C19H16N2O2. The number of hydrogen-bond acceptors (Lipinski definition) is 3. The summed E-state index contributed by atoms with van der Waals surface area (Å²) in [7, 11) is 0. The first-order chi connectivity index (χ1) is 11.2. The van der Waals surface area contributed by atoms with Gasteiger partial charge in [0.1, 0.15) is 11.5 Å². The molecule has 0 aliphatic carbocycles. The predicted molar refractivity (Wildman–Crippen MR) is 89.9 cm³/mol. The molecule has 0 spiro atoms. The number of nitrogens with zero attached hydrogens (tertiary/aromatic N) is 1. The molecule has 4 heteroatoms. The largest absolute Gasteiger partial charge is 0.457 e. The van der Waals surface area contributed by atoms with E-state index in [1.807, 2.05) is 55.5 Å². The molecule has 114 valence electrons. The molecule has 0 radical (unpaired) electrons. The number of anilines is 1. The normalized spacial score (nSPS) is 10.1. The van der Waals surface area contributed by atoms with Gasteiger partial charge >= 0.3 is 0 Å². The lowest BCUT2D eigenvalue weighted by Gasteiger charge is -2.08. The highest BCUT2D eigenvalue weighted by molar-refractivity contribution is 6.04. The Hall–Kier alpha value is -3.14. The van der Waals surface area contributed by atoms with Gasteiger partial charge in [0, 0.05) is 29.2 Å². The van der Waals surface area contributed by atoms with Crippen LogP contribution in [0.4, 0.5) is 5.69 Å². The molecule has 1 N–H and O–H groups in total. The second-order valence-corrected chi connectivity index (χ2v) is 5.08. The molecule has 0 bridgehead atoms. The van der Waals surface area contributed by atoms with E-state index in [-0.39, 0.29) is 5.91 Å². The van der Waals surface area contributed by atoms with Crippen molar-refractivity contribution >= 4 is 11.6 Å². The molecule has 4 nitrogen and oxygen atoms in total. The summed E-state index contributed by atoms with van der Waals surface area (Å²) >= 11 is 0. The fourth-order valence-corrected chi connectivity index (χ4v) is 2.12. The third-order valence-corrected chi connectivity index (χ3v) is 3.25. The lowest BCUT2D eigenvalue weighted by molar-refractivity contribution is 0.102.